The Morgan fingerprint density at radius 1 is 1.17 bits per heavy atom. The molecule has 0 bridgehead atoms. The lowest BCUT2D eigenvalue weighted by atomic mass is 10.2. The van der Waals surface area contributed by atoms with Gasteiger partial charge < -0.3 is 14.5 Å². The van der Waals surface area contributed by atoms with Crippen LogP contribution in [0.1, 0.15) is 20.8 Å². The average Bonchev–Trinajstić information content (AvgIpc) is 2.45. The maximum atomic E-state index is 12.1. The third-order valence-corrected chi connectivity index (χ3v) is 4.14. The van der Waals surface area contributed by atoms with Crippen LogP contribution in [-0.4, -0.2) is 42.8 Å². The summed E-state index contributed by atoms with van der Waals surface area (Å²) < 4.78 is 9.06. The Balaban J connectivity index is 2.05. The van der Waals surface area contributed by atoms with E-state index in [1.54, 1.807) is 17.0 Å². The molecular weight excluding hydrogens is 357 g/mol. The molecule has 0 aliphatic carbocycles. The lowest BCUT2D eigenvalue weighted by Crippen LogP contribution is -2.50. The number of carbonyl (C=O) groups excluding carboxylic acids is 1. The highest BCUT2D eigenvalue weighted by Crippen LogP contribution is 2.38. The van der Waals surface area contributed by atoms with Gasteiger partial charge in [0.25, 0.3) is 0 Å². The molecule has 0 atom stereocenters. The summed E-state index contributed by atoms with van der Waals surface area (Å²) in [7, 11) is 0. The predicted octanol–water partition coefficient (Wildman–Crippen LogP) is 4.41. The first-order valence-electron chi connectivity index (χ1n) is 7.26. The minimum atomic E-state index is -0.496. The molecule has 0 spiro atoms. The molecule has 1 saturated heterocycles. The fourth-order valence-electron chi connectivity index (χ4n) is 2.35. The molecule has 0 N–H and O–H groups in total. The van der Waals surface area contributed by atoms with Gasteiger partial charge in [0.15, 0.2) is 0 Å². The minimum Gasteiger partial charge on any atom is -0.444 e. The van der Waals surface area contributed by atoms with Crippen molar-refractivity contribution in [1.29, 1.82) is 0 Å². The summed E-state index contributed by atoms with van der Waals surface area (Å²) in [4.78, 5) is 15.8. The molecule has 8 heteroatoms. The van der Waals surface area contributed by atoms with E-state index in [0.717, 1.165) is 5.69 Å². The Morgan fingerprint density at radius 3 is 2.13 bits per heavy atom. The fraction of sp³-hybridized carbons (Fsp3) is 0.533. The van der Waals surface area contributed by atoms with Crippen molar-refractivity contribution in [1.82, 2.24) is 4.90 Å². The van der Waals surface area contributed by atoms with Crippen LogP contribution in [0.4, 0.5) is 16.2 Å². The van der Waals surface area contributed by atoms with Crippen molar-refractivity contribution in [3.63, 3.8) is 0 Å². The van der Waals surface area contributed by atoms with Gasteiger partial charge in [0, 0.05) is 38.6 Å². The smallest absolute Gasteiger partial charge is 0.410 e. The molecule has 1 aromatic rings. The van der Waals surface area contributed by atoms with Gasteiger partial charge in [-0.2, -0.15) is 4.36 Å². The van der Waals surface area contributed by atoms with Crippen molar-refractivity contribution >= 4 is 53.1 Å². The van der Waals surface area contributed by atoms with E-state index in [9.17, 15) is 4.79 Å². The molecule has 1 heterocycles. The zero-order valence-electron chi connectivity index (χ0n) is 13.3. The van der Waals surface area contributed by atoms with Crippen LogP contribution in [0.3, 0.4) is 0 Å². The molecule has 0 unspecified atom stereocenters. The van der Waals surface area contributed by atoms with Gasteiger partial charge >= 0.3 is 6.09 Å². The summed E-state index contributed by atoms with van der Waals surface area (Å²) in [5, 5.41) is 1.01. The maximum Gasteiger partial charge on any atom is 0.410 e. The average molecular weight is 376 g/mol. The minimum absolute atomic E-state index is 0.297. The lowest BCUT2D eigenvalue weighted by molar-refractivity contribution is 0.0240. The van der Waals surface area contributed by atoms with E-state index in [1.807, 2.05) is 20.8 Å². The molecule has 0 saturated carbocycles. The van der Waals surface area contributed by atoms with E-state index < -0.39 is 5.60 Å². The molecule has 1 aliphatic rings. The quantitative estimate of drug-likeness (QED) is 0.767. The first-order chi connectivity index (χ1) is 10.7. The van der Waals surface area contributed by atoms with E-state index in [4.69, 9.17) is 27.9 Å². The molecular formula is C15H19Cl2N3O2S. The number of rotatable bonds is 2. The first-order valence-corrected chi connectivity index (χ1v) is 8.38. The Labute approximate surface area is 151 Å². The van der Waals surface area contributed by atoms with Gasteiger partial charge in [-0.25, -0.2) is 4.79 Å². The zero-order chi connectivity index (χ0) is 17.2. The van der Waals surface area contributed by atoms with Crippen molar-refractivity contribution in [2.45, 2.75) is 26.4 Å². The van der Waals surface area contributed by atoms with Gasteiger partial charge in [0.1, 0.15) is 5.60 Å². The molecule has 126 valence electrons. The summed E-state index contributed by atoms with van der Waals surface area (Å²) in [6.07, 6.45) is -0.297. The van der Waals surface area contributed by atoms with E-state index >= 15 is 0 Å². The normalized spacial score (nSPS) is 15.5. The standard InChI is InChI=1S/C15H19Cl2N3O2S/c1-15(2,3)22-14(21)20-6-4-19(5-7-20)13-11(16)8-10(18-23)9-12(13)17/h8-9H,4-7H2,1-3H3. The second kappa shape index (κ2) is 7.20. The van der Waals surface area contributed by atoms with Crippen LogP contribution in [0.5, 0.6) is 0 Å². The molecule has 23 heavy (non-hydrogen) atoms. The summed E-state index contributed by atoms with van der Waals surface area (Å²) in [5.74, 6) is 0. The number of anilines is 1. The maximum absolute atomic E-state index is 12.1. The van der Waals surface area contributed by atoms with Crippen LogP contribution >= 0.6 is 23.2 Å². The van der Waals surface area contributed by atoms with Crippen LogP contribution in [0.2, 0.25) is 10.0 Å². The lowest BCUT2D eigenvalue weighted by Gasteiger charge is -2.37. The monoisotopic (exact) mass is 375 g/mol. The van der Waals surface area contributed by atoms with Gasteiger partial charge in [-0.1, -0.05) is 23.2 Å². The van der Waals surface area contributed by atoms with Crippen molar-refractivity contribution in [2.24, 2.45) is 4.36 Å². The van der Waals surface area contributed by atoms with E-state index in [2.05, 4.69) is 21.7 Å². The number of benzene rings is 1. The Kier molecular flexibility index (Phi) is 5.70. The second-order valence-corrected chi connectivity index (χ2v) is 7.30. The highest BCUT2D eigenvalue weighted by Gasteiger charge is 2.27. The molecule has 1 fully saturated rings. The Morgan fingerprint density at radius 2 is 1.70 bits per heavy atom. The molecule has 0 radical (unpaired) electrons. The molecule has 1 aliphatic heterocycles. The first kappa shape index (κ1) is 18.2. The summed E-state index contributed by atoms with van der Waals surface area (Å²) in [5.41, 5.74) is 0.815. The topological polar surface area (TPSA) is 45.1 Å². The van der Waals surface area contributed by atoms with Crippen LogP contribution in [0.25, 0.3) is 0 Å². The summed E-state index contributed by atoms with van der Waals surface area (Å²) in [6, 6.07) is 3.38. The van der Waals surface area contributed by atoms with Crippen LogP contribution in [-0.2, 0) is 17.2 Å². The third kappa shape index (κ3) is 4.68. The van der Waals surface area contributed by atoms with Crippen molar-refractivity contribution in [3.8, 4) is 0 Å². The van der Waals surface area contributed by atoms with Crippen LogP contribution < -0.4 is 4.90 Å². The number of halogens is 2. The van der Waals surface area contributed by atoms with Gasteiger partial charge in [-0.05, 0) is 32.9 Å². The molecule has 2 rings (SSSR count). The number of hydrogen-bond acceptors (Lipinski definition) is 5. The Bertz CT molecular complexity index is 588. The number of carbonyl (C=O) groups is 1. The number of ether oxygens (including phenoxy) is 1. The van der Waals surface area contributed by atoms with Crippen LogP contribution in [0.15, 0.2) is 16.5 Å². The zero-order valence-corrected chi connectivity index (χ0v) is 15.6. The predicted molar refractivity (Wildman–Crippen MR) is 95.9 cm³/mol. The summed E-state index contributed by atoms with van der Waals surface area (Å²) in [6.45, 7) is 7.92. The third-order valence-electron chi connectivity index (χ3n) is 3.35. The van der Waals surface area contributed by atoms with Gasteiger partial charge in [-0.15, -0.1) is 0 Å². The van der Waals surface area contributed by atoms with Crippen molar-refractivity contribution in [3.05, 3.63) is 22.2 Å². The summed E-state index contributed by atoms with van der Waals surface area (Å²) >= 11 is 17.3. The number of nitrogens with zero attached hydrogens (tertiary/aromatic N) is 3. The Hall–Kier alpha value is -1.11. The molecule has 5 nitrogen and oxygen atoms in total. The fourth-order valence-corrected chi connectivity index (χ4v) is 3.17. The van der Waals surface area contributed by atoms with E-state index in [1.165, 1.54) is 0 Å². The number of hydrogen-bond donors (Lipinski definition) is 0. The second-order valence-electron chi connectivity index (χ2n) is 6.30. The van der Waals surface area contributed by atoms with Gasteiger partial charge in [-0.3, -0.25) is 0 Å². The molecule has 1 aromatic carbocycles. The van der Waals surface area contributed by atoms with E-state index in [0.29, 0.717) is 41.9 Å². The molecule has 0 aromatic heterocycles. The van der Waals surface area contributed by atoms with Gasteiger partial charge in [0.2, 0.25) is 0 Å². The van der Waals surface area contributed by atoms with Crippen molar-refractivity contribution < 1.29 is 9.53 Å². The van der Waals surface area contributed by atoms with Crippen molar-refractivity contribution in [2.75, 3.05) is 31.1 Å². The largest absolute Gasteiger partial charge is 0.444 e. The SMILES string of the molecule is CC(C)(C)OC(=O)N1CCN(c2c(Cl)cc(N=S)cc2Cl)CC1. The highest BCUT2D eigenvalue weighted by molar-refractivity contribution is 7.47. The highest BCUT2D eigenvalue weighted by atomic mass is 35.5. The number of piperazine rings is 1. The molecule has 1 amide bonds. The van der Waals surface area contributed by atoms with Crippen LogP contribution in [0, 0.1) is 0 Å². The van der Waals surface area contributed by atoms with Gasteiger partial charge in [0.05, 0.1) is 21.4 Å². The van der Waals surface area contributed by atoms with E-state index in [-0.39, 0.29) is 6.09 Å². The number of amides is 1.